The van der Waals surface area contributed by atoms with Crippen molar-refractivity contribution in [1.82, 2.24) is 0 Å². The molecule has 0 unspecified atom stereocenters. The predicted molar refractivity (Wildman–Crippen MR) is 60.7 cm³/mol. The Balaban J connectivity index is 3.23. The van der Waals surface area contributed by atoms with E-state index in [1.165, 1.54) is 0 Å². The van der Waals surface area contributed by atoms with Gasteiger partial charge in [-0.1, -0.05) is 13.8 Å². The van der Waals surface area contributed by atoms with Crippen molar-refractivity contribution >= 4 is 0 Å². The summed E-state index contributed by atoms with van der Waals surface area (Å²) in [5.41, 5.74) is 2.79. The highest BCUT2D eigenvalue weighted by Gasteiger charge is 2.13. The van der Waals surface area contributed by atoms with E-state index in [0.717, 1.165) is 16.7 Å². The number of ether oxygens (including phenoxy) is 1. The fourth-order valence-electron chi connectivity index (χ4n) is 1.71. The molecule has 0 aliphatic rings. The minimum atomic E-state index is -0.116. The van der Waals surface area contributed by atoms with E-state index in [1.807, 2.05) is 33.8 Å². The van der Waals surface area contributed by atoms with Crippen molar-refractivity contribution < 1.29 is 9.13 Å². The van der Waals surface area contributed by atoms with Crippen LogP contribution >= 0.6 is 0 Å². The van der Waals surface area contributed by atoms with Crippen LogP contribution in [0, 0.1) is 12.7 Å². The lowest BCUT2D eigenvalue weighted by Crippen LogP contribution is -2.03. The van der Waals surface area contributed by atoms with E-state index < -0.39 is 0 Å². The third kappa shape index (κ3) is 2.57. The van der Waals surface area contributed by atoms with Crippen molar-refractivity contribution in [3.8, 4) is 0 Å². The van der Waals surface area contributed by atoms with Gasteiger partial charge in [0.25, 0.3) is 0 Å². The molecule has 0 N–H and O–H groups in total. The molecule has 1 aromatic rings. The molecule has 0 heterocycles. The molecule has 0 saturated heterocycles. The second-order valence-electron chi connectivity index (χ2n) is 4.26. The van der Waals surface area contributed by atoms with E-state index in [9.17, 15) is 4.39 Å². The second kappa shape index (κ2) is 4.75. The first-order valence-corrected chi connectivity index (χ1v) is 5.30. The lowest BCUT2D eigenvalue weighted by atomic mass is 9.95. The van der Waals surface area contributed by atoms with Crippen molar-refractivity contribution in [2.45, 2.75) is 39.7 Å². The number of hydrogen-bond donors (Lipinski definition) is 0. The molecule has 0 bridgehead atoms. The van der Waals surface area contributed by atoms with Crippen molar-refractivity contribution in [3.05, 3.63) is 34.6 Å². The highest BCUT2D eigenvalue weighted by molar-refractivity contribution is 5.35. The number of rotatable bonds is 3. The van der Waals surface area contributed by atoms with Crippen LogP contribution in [0.1, 0.15) is 49.5 Å². The van der Waals surface area contributed by atoms with Gasteiger partial charge >= 0.3 is 0 Å². The van der Waals surface area contributed by atoms with Crippen molar-refractivity contribution in [2.24, 2.45) is 0 Å². The number of methoxy groups -OCH3 is 1. The SMILES string of the molecule is CO[C@@H](C)c1cc(C(C)C)c(F)cc1C. The smallest absolute Gasteiger partial charge is 0.126 e. The van der Waals surface area contributed by atoms with Gasteiger partial charge in [0.15, 0.2) is 0 Å². The van der Waals surface area contributed by atoms with Crippen LogP contribution < -0.4 is 0 Å². The normalized spacial score (nSPS) is 13.3. The molecule has 1 aromatic carbocycles. The molecule has 0 spiro atoms. The lowest BCUT2D eigenvalue weighted by molar-refractivity contribution is 0.119. The number of halogens is 1. The van der Waals surface area contributed by atoms with Crippen LogP contribution in [-0.4, -0.2) is 7.11 Å². The molecule has 2 heteroatoms. The minimum Gasteiger partial charge on any atom is -0.377 e. The second-order valence-corrected chi connectivity index (χ2v) is 4.26. The largest absolute Gasteiger partial charge is 0.377 e. The predicted octanol–water partition coefficient (Wildman–Crippen LogP) is 3.96. The quantitative estimate of drug-likeness (QED) is 0.733. The lowest BCUT2D eigenvalue weighted by Gasteiger charge is -2.16. The zero-order valence-corrected chi connectivity index (χ0v) is 10.1. The Kier molecular flexibility index (Phi) is 3.86. The molecule has 0 saturated carbocycles. The highest BCUT2D eigenvalue weighted by atomic mass is 19.1. The molecule has 0 fully saturated rings. The van der Waals surface area contributed by atoms with Crippen LogP contribution in [0.2, 0.25) is 0 Å². The topological polar surface area (TPSA) is 9.23 Å². The van der Waals surface area contributed by atoms with Crippen LogP contribution in [0.4, 0.5) is 4.39 Å². The molecule has 0 aliphatic carbocycles. The van der Waals surface area contributed by atoms with Gasteiger partial charge in [-0.3, -0.25) is 0 Å². The monoisotopic (exact) mass is 210 g/mol. The Morgan fingerprint density at radius 1 is 1.13 bits per heavy atom. The van der Waals surface area contributed by atoms with E-state index in [4.69, 9.17) is 4.74 Å². The Bertz CT molecular complexity index is 345. The van der Waals surface area contributed by atoms with Crippen LogP contribution in [0.3, 0.4) is 0 Å². The molecule has 0 radical (unpaired) electrons. The average Bonchev–Trinajstić information content (AvgIpc) is 2.16. The van der Waals surface area contributed by atoms with E-state index >= 15 is 0 Å². The van der Waals surface area contributed by atoms with Crippen LogP contribution in [0.15, 0.2) is 12.1 Å². The summed E-state index contributed by atoms with van der Waals surface area (Å²) < 4.78 is 18.9. The van der Waals surface area contributed by atoms with Crippen LogP contribution in [0.25, 0.3) is 0 Å². The first-order valence-electron chi connectivity index (χ1n) is 5.30. The van der Waals surface area contributed by atoms with E-state index in [2.05, 4.69) is 0 Å². The summed E-state index contributed by atoms with van der Waals surface area (Å²) in [5, 5.41) is 0. The maximum Gasteiger partial charge on any atom is 0.126 e. The Morgan fingerprint density at radius 3 is 2.20 bits per heavy atom. The molecule has 0 amide bonds. The number of benzene rings is 1. The van der Waals surface area contributed by atoms with Gasteiger partial charge in [0, 0.05) is 7.11 Å². The molecule has 1 rings (SSSR count). The first-order chi connectivity index (χ1) is 6.97. The van der Waals surface area contributed by atoms with Gasteiger partial charge in [-0.2, -0.15) is 0 Å². The molecular formula is C13H19FO. The van der Waals surface area contributed by atoms with Gasteiger partial charge in [-0.05, 0) is 48.6 Å². The highest BCUT2D eigenvalue weighted by Crippen LogP contribution is 2.27. The van der Waals surface area contributed by atoms with Crippen molar-refractivity contribution in [3.63, 3.8) is 0 Å². The summed E-state index contributed by atoms with van der Waals surface area (Å²) in [7, 11) is 1.67. The number of hydrogen-bond acceptors (Lipinski definition) is 1. The molecule has 1 nitrogen and oxygen atoms in total. The Hall–Kier alpha value is -0.890. The molecule has 0 aliphatic heterocycles. The maximum atomic E-state index is 13.6. The van der Waals surface area contributed by atoms with Crippen LogP contribution in [0.5, 0.6) is 0 Å². The third-order valence-corrected chi connectivity index (χ3v) is 2.80. The van der Waals surface area contributed by atoms with Gasteiger partial charge in [-0.25, -0.2) is 4.39 Å². The first kappa shape index (κ1) is 12.2. The van der Waals surface area contributed by atoms with Gasteiger partial charge in [-0.15, -0.1) is 0 Å². The molecule has 1 atom stereocenters. The average molecular weight is 210 g/mol. The third-order valence-electron chi connectivity index (χ3n) is 2.80. The summed E-state index contributed by atoms with van der Waals surface area (Å²) in [6, 6.07) is 3.52. The Labute approximate surface area is 91.3 Å². The summed E-state index contributed by atoms with van der Waals surface area (Å²) in [6.45, 7) is 7.88. The molecule has 0 aromatic heterocycles. The number of aryl methyl sites for hydroxylation is 1. The van der Waals surface area contributed by atoms with Crippen LogP contribution in [-0.2, 0) is 4.74 Å². The minimum absolute atomic E-state index is 0.0168. The van der Waals surface area contributed by atoms with Crippen molar-refractivity contribution in [2.75, 3.05) is 7.11 Å². The summed E-state index contributed by atoms with van der Waals surface area (Å²) in [4.78, 5) is 0. The van der Waals surface area contributed by atoms with E-state index in [-0.39, 0.29) is 17.8 Å². The standard InChI is InChI=1S/C13H19FO/c1-8(2)11-7-12(10(4)15-5)9(3)6-13(11)14/h6-8,10H,1-5H3/t10-/m0/s1. The van der Waals surface area contributed by atoms with Gasteiger partial charge in [0.05, 0.1) is 6.10 Å². The molecular weight excluding hydrogens is 191 g/mol. The maximum absolute atomic E-state index is 13.6. The Morgan fingerprint density at radius 2 is 1.73 bits per heavy atom. The van der Waals surface area contributed by atoms with Gasteiger partial charge in [0.1, 0.15) is 5.82 Å². The summed E-state index contributed by atoms with van der Waals surface area (Å²) in [5.74, 6) is 0.0861. The van der Waals surface area contributed by atoms with Gasteiger partial charge < -0.3 is 4.74 Å². The van der Waals surface area contributed by atoms with Crippen molar-refractivity contribution in [1.29, 1.82) is 0 Å². The molecule has 15 heavy (non-hydrogen) atoms. The summed E-state index contributed by atoms with van der Waals surface area (Å²) >= 11 is 0. The fourth-order valence-corrected chi connectivity index (χ4v) is 1.71. The summed E-state index contributed by atoms with van der Waals surface area (Å²) in [6.07, 6.45) is 0.0168. The fraction of sp³-hybridized carbons (Fsp3) is 0.538. The zero-order valence-electron chi connectivity index (χ0n) is 10.1. The van der Waals surface area contributed by atoms with E-state index in [0.29, 0.717) is 0 Å². The molecule has 84 valence electrons. The zero-order chi connectivity index (χ0) is 11.6. The van der Waals surface area contributed by atoms with Gasteiger partial charge in [0.2, 0.25) is 0 Å². The van der Waals surface area contributed by atoms with E-state index in [1.54, 1.807) is 13.2 Å².